The zero-order valence-electron chi connectivity index (χ0n) is 14.3. The average molecular weight is 335 g/mol. The number of carbonyl (C=O) groups excluding carboxylic acids is 1. The third kappa shape index (κ3) is 4.15. The van der Waals surface area contributed by atoms with Gasteiger partial charge in [-0.2, -0.15) is 0 Å². The molecule has 0 radical (unpaired) electrons. The summed E-state index contributed by atoms with van der Waals surface area (Å²) in [6.45, 7) is 2.92. The molecule has 3 aromatic rings. The lowest BCUT2D eigenvalue weighted by atomic mass is 10.1. The van der Waals surface area contributed by atoms with Crippen molar-refractivity contribution in [2.75, 3.05) is 6.61 Å². The fourth-order valence-corrected chi connectivity index (χ4v) is 2.56. The largest absolute Gasteiger partial charge is 0.487 e. The number of nitrogens with zero attached hydrogens (tertiary/aromatic N) is 1. The van der Waals surface area contributed by atoms with Crippen molar-refractivity contribution in [2.24, 2.45) is 0 Å². The van der Waals surface area contributed by atoms with Gasteiger partial charge in [0.2, 0.25) is 0 Å². The van der Waals surface area contributed by atoms with E-state index in [4.69, 9.17) is 9.47 Å². The molecule has 0 aliphatic rings. The van der Waals surface area contributed by atoms with E-state index in [0.29, 0.717) is 24.7 Å². The fraction of sp³-hybridized carbons (Fsp3) is 0.238. The summed E-state index contributed by atoms with van der Waals surface area (Å²) in [6.07, 6.45) is 3.43. The summed E-state index contributed by atoms with van der Waals surface area (Å²) in [4.78, 5) is 16.6. The van der Waals surface area contributed by atoms with Crippen LogP contribution in [0.15, 0.2) is 60.8 Å². The SMILES string of the molecule is CCCCOC(=O)c1ncc(OCc2ccccc2)c2ccccc12. The highest BCUT2D eigenvalue weighted by Crippen LogP contribution is 2.28. The van der Waals surface area contributed by atoms with Crippen molar-refractivity contribution in [1.82, 2.24) is 4.98 Å². The van der Waals surface area contributed by atoms with Gasteiger partial charge in [-0.3, -0.25) is 0 Å². The van der Waals surface area contributed by atoms with E-state index >= 15 is 0 Å². The molecule has 3 rings (SSSR count). The van der Waals surface area contributed by atoms with E-state index in [0.717, 1.165) is 29.2 Å². The second kappa shape index (κ2) is 8.29. The van der Waals surface area contributed by atoms with Gasteiger partial charge in [-0.15, -0.1) is 0 Å². The Balaban J connectivity index is 1.84. The summed E-state index contributed by atoms with van der Waals surface area (Å²) >= 11 is 0. The lowest BCUT2D eigenvalue weighted by molar-refractivity contribution is 0.0495. The van der Waals surface area contributed by atoms with Crippen LogP contribution in [0.2, 0.25) is 0 Å². The number of hydrogen-bond donors (Lipinski definition) is 0. The van der Waals surface area contributed by atoms with E-state index in [9.17, 15) is 4.79 Å². The number of pyridine rings is 1. The molecule has 25 heavy (non-hydrogen) atoms. The minimum absolute atomic E-state index is 0.332. The second-order valence-corrected chi connectivity index (χ2v) is 5.78. The van der Waals surface area contributed by atoms with Gasteiger partial charge in [-0.1, -0.05) is 67.9 Å². The quantitative estimate of drug-likeness (QED) is 0.461. The van der Waals surface area contributed by atoms with E-state index in [1.165, 1.54) is 0 Å². The van der Waals surface area contributed by atoms with Crippen LogP contribution < -0.4 is 4.74 Å². The van der Waals surface area contributed by atoms with Crippen LogP contribution in [-0.4, -0.2) is 17.6 Å². The lowest BCUT2D eigenvalue weighted by Gasteiger charge is -2.11. The molecule has 0 aliphatic carbocycles. The number of ether oxygens (including phenoxy) is 2. The molecule has 4 heteroatoms. The van der Waals surface area contributed by atoms with Crippen molar-refractivity contribution in [3.63, 3.8) is 0 Å². The Morgan fingerprint density at radius 1 is 1.00 bits per heavy atom. The van der Waals surface area contributed by atoms with Crippen molar-refractivity contribution in [3.8, 4) is 5.75 Å². The minimum Gasteiger partial charge on any atom is -0.487 e. The Labute approximate surface area is 147 Å². The third-order valence-corrected chi connectivity index (χ3v) is 3.92. The molecule has 4 nitrogen and oxygen atoms in total. The first-order chi connectivity index (χ1) is 12.3. The smallest absolute Gasteiger partial charge is 0.357 e. The molecule has 0 bridgehead atoms. The van der Waals surface area contributed by atoms with Crippen LogP contribution in [0.25, 0.3) is 10.8 Å². The molecule has 0 amide bonds. The summed E-state index contributed by atoms with van der Waals surface area (Å²) in [5.74, 6) is 0.267. The maximum Gasteiger partial charge on any atom is 0.357 e. The zero-order chi connectivity index (χ0) is 17.5. The van der Waals surface area contributed by atoms with Gasteiger partial charge in [0.15, 0.2) is 5.69 Å². The molecule has 0 saturated carbocycles. The van der Waals surface area contributed by atoms with Gasteiger partial charge in [-0.05, 0) is 12.0 Å². The Morgan fingerprint density at radius 3 is 2.48 bits per heavy atom. The number of carbonyl (C=O) groups is 1. The van der Waals surface area contributed by atoms with E-state index in [-0.39, 0.29) is 5.97 Å². The highest BCUT2D eigenvalue weighted by atomic mass is 16.5. The normalized spacial score (nSPS) is 10.6. The Bertz CT molecular complexity index is 846. The zero-order valence-corrected chi connectivity index (χ0v) is 14.3. The van der Waals surface area contributed by atoms with Gasteiger partial charge in [0.1, 0.15) is 12.4 Å². The molecule has 1 aromatic heterocycles. The van der Waals surface area contributed by atoms with Crippen LogP contribution in [0.5, 0.6) is 5.75 Å². The molecule has 0 fully saturated rings. The molecule has 0 unspecified atom stereocenters. The molecule has 0 atom stereocenters. The van der Waals surface area contributed by atoms with Gasteiger partial charge in [0, 0.05) is 10.8 Å². The number of fused-ring (bicyclic) bond motifs is 1. The Morgan fingerprint density at radius 2 is 1.72 bits per heavy atom. The average Bonchev–Trinajstić information content (AvgIpc) is 2.67. The molecule has 0 N–H and O–H groups in total. The standard InChI is InChI=1S/C21H21NO3/c1-2-3-13-24-21(23)20-18-12-8-7-11-17(18)19(14-22-20)25-15-16-9-5-4-6-10-16/h4-12,14H,2-3,13,15H2,1H3. The number of rotatable bonds is 7. The van der Waals surface area contributed by atoms with E-state index in [2.05, 4.69) is 11.9 Å². The van der Waals surface area contributed by atoms with Crippen molar-refractivity contribution in [3.05, 3.63) is 72.1 Å². The second-order valence-electron chi connectivity index (χ2n) is 5.78. The summed E-state index contributed by atoms with van der Waals surface area (Å²) < 4.78 is 11.2. The molecule has 0 spiro atoms. The van der Waals surface area contributed by atoms with Crippen LogP contribution in [0.3, 0.4) is 0 Å². The Hall–Kier alpha value is -2.88. The highest BCUT2D eigenvalue weighted by molar-refractivity contribution is 6.04. The van der Waals surface area contributed by atoms with Crippen LogP contribution >= 0.6 is 0 Å². The van der Waals surface area contributed by atoms with Crippen LogP contribution in [0.1, 0.15) is 35.8 Å². The van der Waals surface area contributed by atoms with Crippen molar-refractivity contribution in [2.45, 2.75) is 26.4 Å². The first kappa shape index (κ1) is 17.0. The number of aromatic nitrogens is 1. The van der Waals surface area contributed by atoms with E-state index < -0.39 is 0 Å². The fourth-order valence-electron chi connectivity index (χ4n) is 2.56. The van der Waals surface area contributed by atoms with Gasteiger partial charge in [-0.25, -0.2) is 9.78 Å². The van der Waals surface area contributed by atoms with Crippen molar-refractivity contribution in [1.29, 1.82) is 0 Å². The van der Waals surface area contributed by atoms with E-state index in [1.807, 2.05) is 54.6 Å². The molecule has 0 aliphatic heterocycles. The Kier molecular flexibility index (Phi) is 5.62. The van der Waals surface area contributed by atoms with Crippen LogP contribution in [0, 0.1) is 0 Å². The number of benzene rings is 2. The maximum absolute atomic E-state index is 12.3. The monoisotopic (exact) mass is 335 g/mol. The van der Waals surface area contributed by atoms with Gasteiger partial charge >= 0.3 is 5.97 Å². The summed E-state index contributed by atoms with van der Waals surface area (Å²) in [6, 6.07) is 17.5. The van der Waals surface area contributed by atoms with Gasteiger partial charge in [0.05, 0.1) is 12.8 Å². The van der Waals surface area contributed by atoms with Crippen LogP contribution in [-0.2, 0) is 11.3 Å². The van der Waals surface area contributed by atoms with Gasteiger partial charge < -0.3 is 9.47 Å². The third-order valence-electron chi connectivity index (χ3n) is 3.92. The van der Waals surface area contributed by atoms with E-state index in [1.54, 1.807) is 6.20 Å². The molecular formula is C21H21NO3. The molecule has 128 valence electrons. The number of hydrogen-bond acceptors (Lipinski definition) is 4. The molecule has 2 aromatic carbocycles. The summed E-state index contributed by atoms with van der Waals surface area (Å²) in [5.41, 5.74) is 1.41. The minimum atomic E-state index is -0.390. The molecule has 1 heterocycles. The topological polar surface area (TPSA) is 48.4 Å². The first-order valence-electron chi connectivity index (χ1n) is 8.51. The highest BCUT2D eigenvalue weighted by Gasteiger charge is 2.16. The predicted molar refractivity (Wildman–Crippen MR) is 97.7 cm³/mol. The number of unbranched alkanes of at least 4 members (excludes halogenated alkanes) is 1. The summed E-state index contributed by atoms with van der Waals surface area (Å²) in [5, 5.41) is 1.60. The summed E-state index contributed by atoms with van der Waals surface area (Å²) in [7, 11) is 0. The van der Waals surface area contributed by atoms with Crippen molar-refractivity contribution < 1.29 is 14.3 Å². The molecule has 0 saturated heterocycles. The maximum atomic E-state index is 12.3. The van der Waals surface area contributed by atoms with Gasteiger partial charge in [0.25, 0.3) is 0 Å². The van der Waals surface area contributed by atoms with Crippen LogP contribution in [0.4, 0.5) is 0 Å². The lowest BCUT2D eigenvalue weighted by Crippen LogP contribution is -2.09. The first-order valence-corrected chi connectivity index (χ1v) is 8.51. The number of esters is 1. The predicted octanol–water partition coefficient (Wildman–Crippen LogP) is 4.77. The van der Waals surface area contributed by atoms with Crippen molar-refractivity contribution >= 4 is 16.7 Å². The molecular weight excluding hydrogens is 314 g/mol.